The molecule has 118 valence electrons. The highest BCUT2D eigenvalue weighted by Crippen LogP contribution is 2.11. The van der Waals surface area contributed by atoms with Gasteiger partial charge in [0, 0.05) is 12.2 Å². The van der Waals surface area contributed by atoms with Crippen molar-refractivity contribution in [1.82, 2.24) is 15.1 Å². The lowest BCUT2D eigenvalue weighted by molar-refractivity contribution is -0.139. The third kappa shape index (κ3) is 4.88. The van der Waals surface area contributed by atoms with Gasteiger partial charge >= 0.3 is 5.97 Å². The Labute approximate surface area is 125 Å². The second kappa shape index (κ2) is 7.81. The number of carbonyl (C=O) groups is 2. The summed E-state index contributed by atoms with van der Waals surface area (Å²) in [5.74, 6) is -0.939. The SMILES string of the molecule is CCCCC(NC(=O)c1cnn(CC(C)C)c1C)C(=O)O. The van der Waals surface area contributed by atoms with Gasteiger partial charge in [-0.15, -0.1) is 0 Å². The number of aromatic nitrogens is 2. The van der Waals surface area contributed by atoms with Crippen molar-refractivity contribution < 1.29 is 14.7 Å². The Kier molecular flexibility index (Phi) is 6.39. The van der Waals surface area contributed by atoms with Crippen LogP contribution in [0.4, 0.5) is 0 Å². The van der Waals surface area contributed by atoms with Crippen LogP contribution in [0.2, 0.25) is 0 Å². The Morgan fingerprint density at radius 1 is 1.43 bits per heavy atom. The fourth-order valence-electron chi connectivity index (χ4n) is 2.10. The minimum Gasteiger partial charge on any atom is -0.480 e. The molecule has 1 amide bonds. The number of carboxylic acid groups (broad SMARTS) is 1. The van der Waals surface area contributed by atoms with Gasteiger partial charge in [0.2, 0.25) is 0 Å². The zero-order valence-corrected chi connectivity index (χ0v) is 13.2. The van der Waals surface area contributed by atoms with Crippen molar-refractivity contribution in [3.8, 4) is 0 Å². The van der Waals surface area contributed by atoms with Gasteiger partial charge in [0.05, 0.1) is 11.8 Å². The number of nitrogens with one attached hydrogen (secondary N) is 1. The van der Waals surface area contributed by atoms with E-state index < -0.39 is 12.0 Å². The highest BCUT2D eigenvalue weighted by molar-refractivity contribution is 5.97. The van der Waals surface area contributed by atoms with E-state index in [-0.39, 0.29) is 5.91 Å². The van der Waals surface area contributed by atoms with Gasteiger partial charge in [-0.05, 0) is 19.3 Å². The van der Waals surface area contributed by atoms with Crippen LogP contribution >= 0.6 is 0 Å². The van der Waals surface area contributed by atoms with E-state index in [4.69, 9.17) is 5.11 Å². The number of unbranched alkanes of at least 4 members (excludes halogenated alkanes) is 1. The lowest BCUT2D eigenvalue weighted by Crippen LogP contribution is -2.40. The molecule has 0 bridgehead atoms. The minimum absolute atomic E-state index is 0.369. The molecule has 0 fully saturated rings. The van der Waals surface area contributed by atoms with Crippen LogP contribution in [0.3, 0.4) is 0 Å². The van der Waals surface area contributed by atoms with Crippen LogP contribution in [0.25, 0.3) is 0 Å². The molecule has 1 aromatic heterocycles. The highest BCUT2D eigenvalue weighted by atomic mass is 16.4. The molecule has 0 aliphatic carbocycles. The Balaban J connectivity index is 2.78. The van der Waals surface area contributed by atoms with Crippen LogP contribution in [-0.2, 0) is 11.3 Å². The van der Waals surface area contributed by atoms with Crippen LogP contribution in [0.5, 0.6) is 0 Å². The zero-order valence-electron chi connectivity index (χ0n) is 13.2. The number of hydrogen-bond acceptors (Lipinski definition) is 3. The Morgan fingerprint density at radius 3 is 2.62 bits per heavy atom. The second-order valence-corrected chi connectivity index (χ2v) is 5.73. The van der Waals surface area contributed by atoms with Gasteiger partial charge in [0.15, 0.2) is 0 Å². The van der Waals surface area contributed by atoms with Gasteiger partial charge in [-0.25, -0.2) is 4.79 Å². The lowest BCUT2D eigenvalue weighted by Gasteiger charge is -2.14. The zero-order chi connectivity index (χ0) is 16.0. The summed E-state index contributed by atoms with van der Waals surface area (Å²) in [6.07, 6.45) is 3.61. The fourth-order valence-corrected chi connectivity index (χ4v) is 2.10. The van der Waals surface area contributed by atoms with E-state index in [0.717, 1.165) is 25.1 Å². The summed E-state index contributed by atoms with van der Waals surface area (Å²) in [5, 5.41) is 15.9. The highest BCUT2D eigenvalue weighted by Gasteiger charge is 2.22. The number of hydrogen-bond donors (Lipinski definition) is 2. The predicted molar refractivity (Wildman–Crippen MR) is 80.2 cm³/mol. The maximum absolute atomic E-state index is 12.2. The molecular formula is C15H25N3O3. The van der Waals surface area contributed by atoms with Crippen LogP contribution < -0.4 is 5.32 Å². The first-order valence-corrected chi connectivity index (χ1v) is 7.42. The maximum Gasteiger partial charge on any atom is 0.326 e. The molecule has 6 heteroatoms. The van der Waals surface area contributed by atoms with Gasteiger partial charge in [0.25, 0.3) is 5.91 Å². The Hall–Kier alpha value is -1.85. The van der Waals surface area contributed by atoms with E-state index in [1.54, 1.807) is 4.68 Å². The van der Waals surface area contributed by atoms with Crippen molar-refractivity contribution in [3.63, 3.8) is 0 Å². The van der Waals surface area contributed by atoms with E-state index >= 15 is 0 Å². The largest absolute Gasteiger partial charge is 0.480 e. The number of aliphatic carboxylic acids is 1. The molecule has 1 aromatic rings. The quantitative estimate of drug-likeness (QED) is 0.770. The molecule has 0 spiro atoms. The van der Waals surface area contributed by atoms with Gasteiger partial charge in [0.1, 0.15) is 6.04 Å². The second-order valence-electron chi connectivity index (χ2n) is 5.73. The summed E-state index contributed by atoms with van der Waals surface area (Å²) in [5.41, 5.74) is 1.21. The summed E-state index contributed by atoms with van der Waals surface area (Å²) in [6, 6.07) is -0.842. The molecule has 1 heterocycles. The molecule has 1 unspecified atom stereocenters. The van der Waals surface area contributed by atoms with Gasteiger partial charge in [-0.2, -0.15) is 5.10 Å². The summed E-state index contributed by atoms with van der Waals surface area (Å²) < 4.78 is 1.78. The number of carbonyl (C=O) groups excluding carboxylic acids is 1. The molecule has 1 atom stereocenters. The normalized spacial score (nSPS) is 12.4. The van der Waals surface area contributed by atoms with Crippen molar-refractivity contribution in [2.24, 2.45) is 5.92 Å². The average molecular weight is 295 g/mol. The molecule has 0 saturated carbocycles. The van der Waals surface area contributed by atoms with Crippen molar-refractivity contribution in [2.75, 3.05) is 0 Å². The van der Waals surface area contributed by atoms with E-state index in [0.29, 0.717) is 17.9 Å². The summed E-state index contributed by atoms with van der Waals surface area (Å²) >= 11 is 0. The first-order chi connectivity index (χ1) is 9.86. The molecule has 0 radical (unpaired) electrons. The molecule has 0 saturated heterocycles. The maximum atomic E-state index is 12.2. The molecule has 2 N–H and O–H groups in total. The third-order valence-corrected chi connectivity index (χ3v) is 3.34. The van der Waals surface area contributed by atoms with Crippen LogP contribution in [-0.4, -0.2) is 32.8 Å². The first-order valence-electron chi connectivity index (χ1n) is 7.42. The molecule has 0 aliphatic heterocycles. The van der Waals surface area contributed by atoms with Crippen LogP contribution in [0, 0.1) is 12.8 Å². The van der Waals surface area contributed by atoms with E-state index in [1.807, 2.05) is 13.8 Å². The van der Waals surface area contributed by atoms with E-state index in [2.05, 4.69) is 24.3 Å². The Bertz CT molecular complexity index is 494. The van der Waals surface area contributed by atoms with Gasteiger partial charge in [-0.3, -0.25) is 9.48 Å². The van der Waals surface area contributed by atoms with E-state index in [1.165, 1.54) is 6.20 Å². The smallest absolute Gasteiger partial charge is 0.326 e. The minimum atomic E-state index is -0.996. The summed E-state index contributed by atoms with van der Waals surface area (Å²) in [7, 11) is 0. The van der Waals surface area contributed by atoms with Crippen molar-refractivity contribution in [2.45, 2.75) is 59.5 Å². The number of carboxylic acids is 1. The third-order valence-electron chi connectivity index (χ3n) is 3.34. The topological polar surface area (TPSA) is 84.2 Å². The lowest BCUT2D eigenvalue weighted by atomic mass is 10.1. The molecule has 1 rings (SSSR count). The molecule has 21 heavy (non-hydrogen) atoms. The monoisotopic (exact) mass is 295 g/mol. The van der Waals surface area contributed by atoms with Crippen molar-refractivity contribution >= 4 is 11.9 Å². The molecule has 0 aromatic carbocycles. The van der Waals surface area contributed by atoms with Crippen molar-refractivity contribution in [3.05, 3.63) is 17.5 Å². The van der Waals surface area contributed by atoms with Gasteiger partial charge in [-0.1, -0.05) is 33.6 Å². The van der Waals surface area contributed by atoms with Crippen LogP contribution in [0.1, 0.15) is 56.1 Å². The number of amides is 1. The van der Waals surface area contributed by atoms with Crippen molar-refractivity contribution in [1.29, 1.82) is 0 Å². The van der Waals surface area contributed by atoms with Gasteiger partial charge < -0.3 is 10.4 Å². The molecule has 6 nitrogen and oxygen atoms in total. The Morgan fingerprint density at radius 2 is 2.10 bits per heavy atom. The molecular weight excluding hydrogens is 270 g/mol. The average Bonchev–Trinajstić information content (AvgIpc) is 2.75. The molecule has 0 aliphatic rings. The first kappa shape index (κ1) is 17.2. The summed E-state index contributed by atoms with van der Waals surface area (Å²) in [6.45, 7) is 8.70. The predicted octanol–water partition coefficient (Wildman–Crippen LogP) is 2.22. The standard InChI is InChI=1S/C15H25N3O3/c1-5-6-7-13(15(20)21)17-14(19)12-8-16-18(11(12)4)9-10(2)3/h8,10,13H,5-7,9H2,1-4H3,(H,17,19)(H,20,21). The number of rotatable bonds is 8. The number of nitrogens with zero attached hydrogens (tertiary/aromatic N) is 2. The summed E-state index contributed by atoms with van der Waals surface area (Å²) in [4.78, 5) is 23.4. The fraction of sp³-hybridized carbons (Fsp3) is 0.667. The van der Waals surface area contributed by atoms with Crippen LogP contribution in [0.15, 0.2) is 6.20 Å². The van der Waals surface area contributed by atoms with E-state index in [9.17, 15) is 9.59 Å².